The van der Waals surface area contributed by atoms with Crippen molar-refractivity contribution < 1.29 is 9.59 Å². The predicted octanol–water partition coefficient (Wildman–Crippen LogP) is 2.83. The first-order valence-electron chi connectivity index (χ1n) is 7.36. The smallest absolute Gasteiger partial charge is 0.261 e. The highest BCUT2D eigenvalue weighted by Gasteiger charge is 2.34. The zero-order valence-corrected chi connectivity index (χ0v) is 13.5. The normalized spacial score (nSPS) is 13.6. The Kier molecular flexibility index (Phi) is 6.85. The number of halogens is 1. The molecule has 1 aromatic rings. The van der Waals surface area contributed by atoms with Gasteiger partial charge in [0.1, 0.15) is 0 Å². The number of benzene rings is 1. The van der Waals surface area contributed by atoms with E-state index in [2.05, 4.69) is 18.7 Å². The van der Waals surface area contributed by atoms with Crippen molar-refractivity contribution in [2.45, 2.75) is 26.7 Å². The number of imide groups is 1. The number of carbonyl (C=O) groups excluding carboxylic acids is 2. The van der Waals surface area contributed by atoms with E-state index < -0.39 is 0 Å². The van der Waals surface area contributed by atoms with Crippen molar-refractivity contribution in [1.29, 1.82) is 0 Å². The standard InChI is InChI=1S/C16H22N2O2.ClH/c1-3-17(4-2)11-7-8-12-18-15(19)13-9-5-6-10-14(13)16(18)20;/h5-6,9-10H,3-4,7-8,11-12H2,1-2H3;1H. The van der Waals surface area contributed by atoms with Gasteiger partial charge in [0, 0.05) is 6.54 Å². The molecule has 2 amide bonds. The molecule has 0 aliphatic carbocycles. The molecule has 0 saturated heterocycles. The third-order valence-corrected chi connectivity index (χ3v) is 3.88. The molecule has 0 spiro atoms. The van der Waals surface area contributed by atoms with E-state index >= 15 is 0 Å². The van der Waals surface area contributed by atoms with Crippen LogP contribution in [-0.2, 0) is 0 Å². The maximum atomic E-state index is 12.1. The van der Waals surface area contributed by atoms with Gasteiger partial charge in [-0.3, -0.25) is 14.5 Å². The number of rotatable bonds is 7. The summed E-state index contributed by atoms with van der Waals surface area (Å²) in [5, 5.41) is 0. The molecule has 1 heterocycles. The monoisotopic (exact) mass is 310 g/mol. The van der Waals surface area contributed by atoms with Gasteiger partial charge in [-0.15, -0.1) is 12.4 Å². The lowest BCUT2D eigenvalue weighted by Gasteiger charge is -2.19. The average molecular weight is 311 g/mol. The molecule has 2 rings (SSSR count). The van der Waals surface area contributed by atoms with Crippen LogP contribution >= 0.6 is 12.4 Å². The fourth-order valence-corrected chi connectivity index (χ4v) is 2.59. The number of unbranched alkanes of at least 4 members (excludes halogenated alkanes) is 1. The molecule has 1 aliphatic heterocycles. The summed E-state index contributed by atoms with van der Waals surface area (Å²) in [4.78, 5) is 28.0. The number of hydrogen-bond donors (Lipinski definition) is 0. The SMILES string of the molecule is CCN(CC)CCCCN1C(=O)c2ccccc2C1=O.Cl. The lowest BCUT2D eigenvalue weighted by Crippen LogP contribution is -2.31. The van der Waals surface area contributed by atoms with Gasteiger partial charge in [0.25, 0.3) is 11.8 Å². The Morgan fingerprint density at radius 3 is 1.95 bits per heavy atom. The van der Waals surface area contributed by atoms with Crippen LogP contribution in [-0.4, -0.2) is 47.8 Å². The summed E-state index contributed by atoms with van der Waals surface area (Å²) in [6.45, 7) is 7.93. The highest BCUT2D eigenvalue weighted by atomic mass is 35.5. The zero-order chi connectivity index (χ0) is 14.5. The Morgan fingerprint density at radius 1 is 0.952 bits per heavy atom. The molecular weight excluding hydrogens is 288 g/mol. The Labute approximate surface area is 132 Å². The quantitative estimate of drug-likeness (QED) is 0.574. The van der Waals surface area contributed by atoms with Crippen LogP contribution in [0.1, 0.15) is 47.4 Å². The molecule has 0 fully saturated rings. The summed E-state index contributed by atoms with van der Waals surface area (Å²) in [5.74, 6) is -0.290. The van der Waals surface area contributed by atoms with Crippen LogP contribution in [0.25, 0.3) is 0 Å². The summed E-state index contributed by atoms with van der Waals surface area (Å²) >= 11 is 0. The number of fused-ring (bicyclic) bond motifs is 1. The number of hydrogen-bond acceptors (Lipinski definition) is 3. The molecule has 0 N–H and O–H groups in total. The van der Waals surface area contributed by atoms with Crippen molar-refractivity contribution in [1.82, 2.24) is 9.80 Å². The maximum Gasteiger partial charge on any atom is 0.261 e. The van der Waals surface area contributed by atoms with Gasteiger partial charge in [0.2, 0.25) is 0 Å². The first-order chi connectivity index (χ1) is 9.69. The van der Waals surface area contributed by atoms with Crippen molar-refractivity contribution in [3.05, 3.63) is 35.4 Å². The molecule has 0 radical (unpaired) electrons. The minimum atomic E-state index is -0.145. The highest BCUT2D eigenvalue weighted by Crippen LogP contribution is 2.22. The van der Waals surface area contributed by atoms with Crippen LogP contribution in [0.4, 0.5) is 0 Å². The first-order valence-corrected chi connectivity index (χ1v) is 7.36. The molecule has 1 aromatic carbocycles. The van der Waals surface area contributed by atoms with Gasteiger partial charge in [-0.05, 0) is 44.6 Å². The second kappa shape index (κ2) is 8.15. The number of amides is 2. The maximum absolute atomic E-state index is 12.1. The Hall–Kier alpha value is -1.39. The van der Waals surface area contributed by atoms with Gasteiger partial charge in [0.05, 0.1) is 11.1 Å². The molecule has 0 saturated carbocycles. The Morgan fingerprint density at radius 2 is 1.48 bits per heavy atom. The second-order valence-corrected chi connectivity index (χ2v) is 5.04. The van der Waals surface area contributed by atoms with Crippen molar-refractivity contribution >= 4 is 24.2 Å². The third-order valence-electron chi connectivity index (χ3n) is 3.88. The number of carbonyl (C=O) groups is 2. The van der Waals surface area contributed by atoms with Gasteiger partial charge in [-0.2, -0.15) is 0 Å². The fourth-order valence-electron chi connectivity index (χ4n) is 2.59. The molecule has 0 bridgehead atoms. The molecular formula is C16H23ClN2O2. The van der Waals surface area contributed by atoms with Crippen LogP contribution in [0.5, 0.6) is 0 Å². The van der Waals surface area contributed by atoms with E-state index in [1.165, 1.54) is 4.90 Å². The fraction of sp³-hybridized carbons (Fsp3) is 0.500. The zero-order valence-electron chi connectivity index (χ0n) is 12.7. The van der Waals surface area contributed by atoms with E-state index in [1.54, 1.807) is 24.3 Å². The summed E-state index contributed by atoms with van der Waals surface area (Å²) in [5.41, 5.74) is 1.09. The van der Waals surface area contributed by atoms with E-state index in [0.717, 1.165) is 32.5 Å². The minimum absolute atomic E-state index is 0. The van der Waals surface area contributed by atoms with Crippen molar-refractivity contribution in [2.75, 3.05) is 26.2 Å². The predicted molar refractivity (Wildman–Crippen MR) is 86.1 cm³/mol. The summed E-state index contributed by atoms with van der Waals surface area (Å²) in [6.07, 6.45) is 1.87. The van der Waals surface area contributed by atoms with E-state index in [4.69, 9.17) is 0 Å². The minimum Gasteiger partial charge on any atom is -0.304 e. The first kappa shape index (κ1) is 17.7. The highest BCUT2D eigenvalue weighted by molar-refractivity contribution is 6.21. The van der Waals surface area contributed by atoms with Crippen LogP contribution < -0.4 is 0 Å². The van der Waals surface area contributed by atoms with E-state index in [0.29, 0.717) is 17.7 Å². The second-order valence-electron chi connectivity index (χ2n) is 5.04. The molecule has 0 aromatic heterocycles. The van der Waals surface area contributed by atoms with Gasteiger partial charge in [-0.1, -0.05) is 26.0 Å². The van der Waals surface area contributed by atoms with Crippen molar-refractivity contribution in [3.8, 4) is 0 Å². The molecule has 5 heteroatoms. The van der Waals surface area contributed by atoms with Gasteiger partial charge >= 0.3 is 0 Å². The lowest BCUT2D eigenvalue weighted by atomic mass is 10.1. The topological polar surface area (TPSA) is 40.6 Å². The van der Waals surface area contributed by atoms with Crippen LogP contribution in [0.2, 0.25) is 0 Å². The molecule has 0 unspecified atom stereocenters. The molecule has 1 aliphatic rings. The summed E-state index contributed by atoms with van der Waals surface area (Å²) in [6, 6.07) is 7.05. The summed E-state index contributed by atoms with van der Waals surface area (Å²) in [7, 11) is 0. The average Bonchev–Trinajstić information content (AvgIpc) is 2.72. The van der Waals surface area contributed by atoms with E-state index in [-0.39, 0.29) is 24.2 Å². The number of nitrogens with zero attached hydrogens (tertiary/aromatic N) is 2. The Bertz CT molecular complexity index is 466. The molecule has 4 nitrogen and oxygen atoms in total. The molecule has 116 valence electrons. The van der Waals surface area contributed by atoms with E-state index in [1.807, 2.05) is 0 Å². The largest absolute Gasteiger partial charge is 0.304 e. The molecule has 0 atom stereocenters. The van der Waals surface area contributed by atoms with Crippen molar-refractivity contribution in [3.63, 3.8) is 0 Å². The summed E-state index contributed by atoms with van der Waals surface area (Å²) < 4.78 is 0. The van der Waals surface area contributed by atoms with E-state index in [9.17, 15) is 9.59 Å². The van der Waals surface area contributed by atoms with Crippen LogP contribution in [0.3, 0.4) is 0 Å². The molecule has 21 heavy (non-hydrogen) atoms. The Balaban J connectivity index is 0.00000220. The van der Waals surface area contributed by atoms with Crippen LogP contribution in [0, 0.1) is 0 Å². The third kappa shape index (κ3) is 3.83. The van der Waals surface area contributed by atoms with Gasteiger partial charge in [-0.25, -0.2) is 0 Å². The van der Waals surface area contributed by atoms with Crippen molar-refractivity contribution in [2.24, 2.45) is 0 Å². The lowest BCUT2D eigenvalue weighted by molar-refractivity contribution is 0.0650. The van der Waals surface area contributed by atoms with Crippen LogP contribution in [0.15, 0.2) is 24.3 Å². The van der Waals surface area contributed by atoms with Gasteiger partial charge < -0.3 is 4.90 Å². The van der Waals surface area contributed by atoms with Gasteiger partial charge in [0.15, 0.2) is 0 Å².